The third kappa shape index (κ3) is 2.42. The molecule has 0 atom stereocenters. The van der Waals surface area contributed by atoms with E-state index in [2.05, 4.69) is 4.74 Å². The zero-order valence-electron chi connectivity index (χ0n) is 10.6. The lowest BCUT2D eigenvalue weighted by Crippen LogP contribution is -2.01. The first-order chi connectivity index (χ1) is 9.04. The number of aromatic hydroxyl groups is 1. The molecule has 4 heteroatoms. The molecule has 0 unspecified atom stereocenters. The van der Waals surface area contributed by atoms with E-state index in [0.717, 1.165) is 0 Å². The van der Waals surface area contributed by atoms with Crippen molar-refractivity contribution in [2.45, 2.75) is 6.92 Å². The highest BCUT2D eigenvalue weighted by Gasteiger charge is 2.14. The highest BCUT2D eigenvalue weighted by Crippen LogP contribution is 2.32. The van der Waals surface area contributed by atoms with Crippen LogP contribution in [0, 0.1) is 12.7 Å². The summed E-state index contributed by atoms with van der Waals surface area (Å²) in [7, 11) is 1.26. The summed E-state index contributed by atoms with van der Waals surface area (Å²) >= 11 is 0. The van der Waals surface area contributed by atoms with Crippen LogP contribution in [0.4, 0.5) is 4.39 Å². The van der Waals surface area contributed by atoms with Crippen molar-refractivity contribution in [1.82, 2.24) is 0 Å². The topological polar surface area (TPSA) is 46.5 Å². The van der Waals surface area contributed by atoms with Crippen LogP contribution >= 0.6 is 0 Å². The summed E-state index contributed by atoms with van der Waals surface area (Å²) in [4.78, 5) is 11.3. The number of benzene rings is 2. The zero-order valence-corrected chi connectivity index (χ0v) is 10.6. The number of methoxy groups -OCH3 is 1. The highest BCUT2D eigenvalue weighted by molar-refractivity contribution is 5.91. The molecule has 19 heavy (non-hydrogen) atoms. The van der Waals surface area contributed by atoms with Crippen molar-refractivity contribution in [3.8, 4) is 16.9 Å². The number of carbonyl (C=O) groups is 1. The van der Waals surface area contributed by atoms with Gasteiger partial charge in [-0.25, -0.2) is 9.18 Å². The van der Waals surface area contributed by atoms with Gasteiger partial charge in [0.1, 0.15) is 11.6 Å². The molecule has 0 saturated heterocycles. The second-order valence-corrected chi connectivity index (χ2v) is 4.16. The van der Waals surface area contributed by atoms with Gasteiger partial charge in [-0.15, -0.1) is 0 Å². The van der Waals surface area contributed by atoms with Gasteiger partial charge in [0, 0.05) is 11.1 Å². The third-order valence-electron chi connectivity index (χ3n) is 2.90. The number of aryl methyl sites for hydroxylation is 1. The molecule has 0 amide bonds. The molecule has 98 valence electrons. The lowest BCUT2D eigenvalue weighted by molar-refractivity contribution is 0.0600. The summed E-state index contributed by atoms with van der Waals surface area (Å²) in [6.07, 6.45) is 0. The first kappa shape index (κ1) is 13.1. The Morgan fingerprint density at radius 3 is 2.58 bits per heavy atom. The largest absolute Gasteiger partial charge is 0.507 e. The number of hydrogen-bond acceptors (Lipinski definition) is 3. The summed E-state index contributed by atoms with van der Waals surface area (Å²) in [6, 6.07) is 9.19. The van der Waals surface area contributed by atoms with Crippen LogP contribution in [-0.4, -0.2) is 18.2 Å². The first-order valence-corrected chi connectivity index (χ1v) is 5.71. The van der Waals surface area contributed by atoms with E-state index in [1.165, 1.54) is 25.3 Å². The van der Waals surface area contributed by atoms with Crippen molar-refractivity contribution in [2.24, 2.45) is 0 Å². The summed E-state index contributed by atoms with van der Waals surface area (Å²) in [5.74, 6) is -1.09. The minimum absolute atomic E-state index is 0.160. The smallest absolute Gasteiger partial charge is 0.337 e. The lowest BCUT2D eigenvalue weighted by atomic mass is 10.00. The molecule has 0 aliphatic heterocycles. The predicted octanol–water partition coefficient (Wildman–Crippen LogP) is 3.29. The molecular weight excluding hydrogens is 247 g/mol. The second-order valence-electron chi connectivity index (χ2n) is 4.16. The van der Waals surface area contributed by atoms with Crippen molar-refractivity contribution in [2.75, 3.05) is 7.11 Å². The zero-order chi connectivity index (χ0) is 14.0. The van der Waals surface area contributed by atoms with Crippen LogP contribution in [0.1, 0.15) is 15.9 Å². The van der Waals surface area contributed by atoms with Gasteiger partial charge in [0.05, 0.1) is 12.7 Å². The number of phenolic OH excluding ortho intramolecular Hbond substituents is 1. The Kier molecular flexibility index (Phi) is 3.51. The average Bonchev–Trinajstić information content (AvgIpc) is 2.41. The maximum absolute atomic E-state index is 14.0. The molecule has 0 bridgehead atoms. The van der Waals surface area contributed by atoms with Gasteiger partial charge in [-0.2, -0.15) is 0 Å². The van der Waals surface area contributed by atoms with Crippen LogP contribution in [0.5, 0.6) is 5.75 Å². The van der Waals surface area contributed by atoms with E-state index in [1.54, 1.807) is 25.1 Å². The maximum atomic E-state index is 14.0. The number of esters is 1. The quantitative estimate of drug-likeness (QED) is 0.843. The molecule has 1 N–H and O–H groups in total. The molecule has 0 aliphatic carbocycles. The van der Waals surface area contributed by atoms with E-state index >= 15 is 0 Å². The van der Waals surface area contributed by atoms with Gasteiger partial charge >= 0.3 is 5.97 Å². The van der Waals surface area contributed by atoms with Gasteiger partial charge in [0.2, 0.25) is 0 Å². The van der Waals surface area contributed by atoms with Gasteiger partial charge in [0.25, 0.3) is 0 Å². The van der Waals surface area contributed by atoms with Gasteiger partial charge in [-0.3, -0.25) is 0 Å². The molecule has 2 aromatic carbocycles. The molecule has 0 radical (unpaired) electrons. The van der Waals surface area contributed by atoms with Crippen LogP contribution in [0.25, 0.3) is 11.1 Å². The van der Waals surface area contributed by atoms with Crippen molar-refractivity contribution in [3.05, 3.63) is 53.3 Å². The summed E-state index contributed by atoms with van der Waals surface area (Å²) < 4.78 is 18.5. The number of carbonyl (C=O) groups excluding carboxylic acids is 1. The Morgan fingerprint density at radius 1 is 1.21 bits per heavy atom. The minimum atomic E-state index is -0.549. The van der Waals surface area contributed by atoms with E-state index in [0.29, 0.717) is 16.7 Å². The van der Waals surface area contributed by atoms with Crippen molar-refractivity contribution in [3.63, 3.8) is 0 Å². The first-order valence-electron chi connectivity index (χ1n) is 5.71. The lowest BCUT2D eigenvalue weighted by Gasteiger charge is -2.09. The normalized spacial score (nSPS) is 10.3. The van der Waals surface area contributed by atoms with Gasteiger partial charge in [-0.05, 0) is 30.7 Å². The van der Waals surface area contributed by atoms with E-state index in [4.69, 9.17) is 0 Å². The summed E-state index contributed by atoms with van der Waals surface area (Å²) in [5.41, 5.74) is 1.36. The fourth-order valence-corrected chi connectivity index (χ4v) is 1.86. The van der Waals surface area contributed by atoms with Crippen LogP contribution < -0.4 is 0 Å². The third-order valence-corrected chi connectivity index (χ3v) is 2.90. The van der Waals surface area contributed by atoms with Crippen LogP contribution in [0.2, 0.25) is 0 Å². The number of halogens is 1. The summed E-state index contributed by atoms with van der Waals surface area (Å²) in [5, 5.41) is 9.93. The Hall–Kier alpha value is -2.36. The molecule has 2 rings (SSSR count). The van der Waals surface area contributed by atoms with Crippen molar-refractivity contribution >= 4 is 5.97 Å². The van der Waals surface area contributed by atoms with E-state index in [-0.39, 0.29) is 17.1 Å². The number of ether oxygens (including phenoxy) is 1. The van der Waals surface area contributed by atoms with Crippen LogP contribution in [0.15, 0.2) is 36.4 Å². The number of hydrogen-bond donors (Lipinski definition) is 1. The second kappa shape index (κ2) is 5.10. The monoisotopic (exact) mass is 260 g/mol. The van der Waals surface area contributed by atoms with Crippen molar-refractivity contribution < 1.29 is 19.0 Å². The van der Waals surface area contributed by atoms with Crippen LogP contribution in [0.3, 0.4) is 0 Å². The average molecular weight is 260 g/mol. The molecule has 2 aromatic rings. The van der Waals surface area contributed by atoms with Gasteiger partial charge in [0.15, 0.2) is 0 Å². The minimum Gasteiger partial charge on any atom is -0.507 e. The Balaban J connectivity index is 2.52. The highest BCUT2D eigenvalue weighted by atomic mass is 19.1. The standard InChI is InChI=1S/C15H13FO3/c1-9-4-3-5-12(14(9)16)11-7-6-10(8-13(11)17)15(18)19-2/h3-8,17H,1-2H3. The van der Waals surface area contributed by atoms with Gasteiger partial charge < -0.3 is 9.84 Å². The SMILES string of the molecule is COC(=O)c1ccc(-c2cccc(C)c2F)c(O)c1. The fourth-order valence-electron chi connectivity index (χ4n) is 1.86. The van der Waals surface area contributed by atoms with E-state index < -0.39 is 5.97 Å². The molecule has 0 aliphatic rings. The Morgan fingerprint density at radius 2 is 1.95 bits per heavy atom. The maximum Gasteiger partial charge on any atom is 0.337 e. The molecule has 0 fully saturated rings. The number of rotatable bonds is 2. The Bertz CT molecular complexity index is 635. The molecule has 3 nitrogen and oxygen atoms in total. The fraction of sp³-hybridized carbons (Fsp3) is 0.133. The summed E-state index contributed by atoms with van der Waals surface area (Å²) in [6.45, 7) is 1.65. The van der Waals surface area contributed by atoms with Crippen molar-refractivity contribution in [1.29, 1.82) is 0 Å². The molecular formula is C15H13FO3. The molecule has 0 aromatic heterocycles. The molecule has 0 spiro atoms. The molecule has 0 heterocycles. The number of phenols is 1. The predicted molar refractivity (Wildman–Crippen MR) is 69.6 cm³/mol. The molecule has 0 saturated carbocycles. The Labute approximate surface area is 110 Å². The van der Waals surface area contributed by atoms with Crippen LogP contribution in [-0.2, 0) is 4.74 Å². The van der Waals surface area contributed by atoms with E-state index in [9.17, 15) is 14.3 Å². The van der Waals surface area contributed by atoms with Gasteiger partial charge in [-0.1, -0.05) is 18.2 Å². The van der Waals surface area contributed by atoms with E-state index in [1.807, 2.05) is 0 Å².